The lowest BCUT2D eigenvalue weighted by molar-refractivity contribution is -0.0453. The first-order chi connectivity index (χ1) is 10.9. The van der Waals surface area contributed by atoms with Crippen LogP contribution < -0.4 is 4.74 Å². The molecule has 23 heavy (non-hydrogen) atoms. The van der Waals surface area contributed by atoms with E-state index in [9.17, 15) is 8.42 Å². The molecule has 0 N–H and O–H groups in total. The van der Waals surface area contributed by atoms with Crippen LogP contribution in [0.4, 0.5) is 0 Å². The number of para-hydroxylation sites is 1. The summed E-state index contributed by atoms with van der Waals surface area (Å²) in [5.41, 5.74) is 0. The van der Waals surface area contributed by atoms with E-state index in [-0.39, 0.29) is 12.2 Å². The first kappa shape index (κ1) is 18.2. The van der Waals surface area contributed by atoms with Gasteiger partial charge in [-0.2, -0.15) is 17.0 Å². The molecule has 7 heteroatoms. The van der Waals surface area contributed by atoms with Gasteiger partial charge in [0.15, 0.2) is 0 Å². The summed E-state index contributed by atoms with van der Waals surface area (Å²) in [6.45, 7) is 5.50. The normalized spacial score (nSPS) is 23.1. The Labute approximate surface area is 139 Å². The molecule has 0 radical (unpaired) electrons. The van der Waals surface area contributed by atoms with E-state index in [1.54, 1.807) is 7.05 Å². The summed E-state index contributed by atoms with van der Waals surface area (Å²) in [5, 5.41) is 0. The predicted octanol–water partition coefficient (Wildman–Crippen LogP) is 1.74. The molecule has 0 amide bonds. The minimum absolute atomic E-state index is 0.0802. The van der Waals surface area contributed by atoms with E-state index in [1.165, 1.54) is 8.61 Å². The van der Waals surface area contributed by atoms with E-state index in [0.29, 0.717) is 32.7 Å². The van der Waals surface area contributed by atoms with Crippen LogP contribution >= 0.6 is 0 Å². The molecule has 130 valence electrons. The minimum atomic E-state index is -3.44. The molecule has 1 heterocycles. The van der Waals surface area contributed by atoms with Gasteiger partial charge in [-0.25, -0.2) is 0 Å². The summed E-state index contributed by atoms with van der Waals surface area (Å²) in [5.74, 6) is 0.800. The van der Waals surface area contributed by atoms with Crippen molar-refractivity contribution in [3.8, 4) is 5.75 Å². The first-order valence-electron chi connectivity index (χ1n) is 7.94. The van der Waals surface area contributed by atoms with Crippen LogP contribution in [0.2, 0.25) is 0 Å². The van der Waals surface area contributed by atoms with Gasteiger partial charge in [-0.1, -0.05) is 18.2 Å². The fourth-order valence-electron chi connectivity index (χ4n) is 2.63. The van der Waals surface area contributed by atoms with E-state index in [1.807, 2.05) is 44.2 Å². The second kappa shape index (κ2) is 8.10. The van der Waals surface area contributed by atoms with Gasteiger partial charge in [0.25, 0.3) is 10.2 Å². The summed E-state index contributed by atoms with van der Waals surface area (Å²) in [7, 11) is -1.83. The lowest BCUT2D eigenvalue weighted by Crippen LogP contribution is -2.52. The van der Waals surface area contributed by atoms with Crippen molar-refractivity contribution in [1.82, 2.24) is 8.61 Å². The van der Waals surface area contributed by atoms with Crippen molar-refractivity contribution in [2.45, 2.75) is 32.5 Å². The second-order valence-corrected chi connectivity index (χ2v) is 7.95. The third-order valence-electron chi connectivity index (χ3n) is 3.74. The van der Waals surface area contributed by atoms with Gasteiger partial charge in [0.1, 0.15) is 5.75 Å². The Balaban J connectivity index is 1.80. The number of hydrogen-bond acceptors (Lipinski definition) is 4. The van der Waals surface area contributed by atoms with Crippen LogP contribution in [0.15, 0.2) is 30.3 Å². The van der Waals surface area contributed by atoms with E-state index in [0.717, 1.165) is 5.75 Å². The van der Waals surface area contributed by atoms with Crippen molar-refractivity contribution < 1.29 is 17.9 Å². The number of hydrogen-bond donors (Lipinski definition) is 0. The van der Waals surface area contributed by atoms with Crippen LogP contribution in [0.1, 0.15) is 20.3 Å². The Morgan fingerprint density at radius 3 is 2.43 bits per heavy atom. The molecule has 2 rings (SSSR count). The molecule has 0 unspecified atom stereocenters. The van der Waals surface area contributed by atoms with Crippen LogP contribution in [-0.2, 0) is 14.9 Å². The van der Waals surface area contributed by atoms with E-state index < -0.39 is 10.2 Å². The molecule has 1 saturated heterocycles. The zero-order valence-corrected chi connectivity index (χ0v) is 14.8. The fraction of sp³-hybridized carbons (Fsp3) is 0.625. The molecule has 2 atom stereocenters. The van der Waals surface area contributed by atoms with Crippen molar-refractivity contribution in [3.05, 3.63) is 30.3 Å². The van der Waals surface area contributed by atoms with E-state index in [2.05, 4.69) is 0 Å². The average Bonchev–Trinajstić information content (AvgIpc) is 2.51. The van der Waals surface area contributed by atoms with Gasteiger partial charge in [-0.05, 0) is 32.4 Å². The van der Waals surface area contributed by atoms with Crippen molar-refractivity contribution in [2.24, 2.45) is 0 Å². The van der Waals surface area contributed by atoms with Crippen molar-refractivity contribution >= 4 is 10.2 Å². The standard InChI is InChI=1S/C16H26N2O4S/c1-14-12-18(13-15(2)22-14)23(19,20)17(3)10-7-11-21-16-8-5-4-6-9-16/h4-6,8-9,14-15H,7,10-13H2,1-3H3/t14-,15+. The fourth-order valence-corrected chi connectivity index (χ4v) is 4.18. The molecule has 1 aliphatic rings. The van der Waals surface area contributed by atoms with Crippen LogP contribution in [0.25, 0.3) is 0 Å². The van der Waals surface area contributed by atoms with Gasteiger partial charge < -0.3 is 9.47 Å². The molecule has 0 bridgehead atoms. The number of ether oxygens (including phenoxy) is 2. The topological polar surface area (TPSA) is 59.1 Å². The Morgan fingerprint density at radius 1 is 1.22 bits per heavy atom. The zero-order chi connectivity index (χ0) is 16.9. The van der Waals surface area contributed by atoms with Crippen molar-refractivity contribution in [1.29, 1.82) is 0 Å². The maximum Gasteiger partial charge on any atom is 0.281 e. The second-order valence-electron chi connectivity index (χ2n) is 5.92. The highest BCUT2D eigenvalue weighted by Crippen LogP contribution is 2.17. The third-order valence-corrected chi connectivity index (χ3v) is 5.66. The van der Waals surface area contributed by atoms with Crippen molar-refractivity contribution in [2.75, 3.05) is 33.3 Å². The number of rotatable bonds is 7. The van der Waals surface area contributed by atoms with Crippen LogP contribution in [-0.4, -0.2) is 62.5 Å². The molecular formula is C16H26N2O4S. The lowest BCUT2D eigenvalue weighted by Gasteiger charge is -2.36. The highest BCUT2D eigenvalue weighted by Gasteiger charge is 2.33. The Bertz CT molecular complexity index is 569. The Morgan fingerprint density at radius 2 is 1.83 bits per heavy atom. The Hall–Kier alpha value is -1.15. The maximum absolute atomic E-state index is 12.6. The monoisotopic (exact) mass is 342 g/mol. The first-order valence-corrected chi connectivity index (χ1v) is 9.34. The largest absolute Gasteiger partial charge is 0.494 e. The SMILES string of the molecule is C[C@@H]1CN(S(=O)(=O)N(C)CCCOc2ccccc2)C[C@H](C)O1. The van der Waals surface area contributed by atoms with Gasteiger partial charge in [0.05, 0.1) is 18.8 Å². The molecule has 0 saturated carbocycles. The highest BCUT2D eigenvalue weighted by atomic mass is 32.2. The minimum Gasteiger partial charge on any atom is -0.494 e. The Kier molecular flexibility index (Phi) is 6.41. The molecule has 1 aromatic rings. The van der Waals surface area contributed by atoms with E-state index >= 15 is 0 Å². The smallest absolute Gasteiger partial charge is 0.281 e. The van der Waals surface area contributed by atoms with Crippen molar-refractivity contribution in [3.63, 3.8) is 0 Å². The summed E-state index contributed by atoms with van der Waals surface area (Å²) < 4.78 is 39.3. The summed E-state index contributed by atoms with van der Waals surface area (Å²) in [4.78, 5) is 0. The summed E-state index contributed by atoms with van der Waals surface area (Å²) >= 11 is 0. The molecule has 1 fully saturated rings. The average molecular weight is 342 g/mol. The maximum atomic E-state index is 12.6. The quantitative estimate of drug-likeness (QED) is 0.708. The highest BCUT2D eigenvalue weighted by molar-refractivity contribution is 7.86. The number of nitrogens with zero attached hydrogens (tertiary/aromatic N) is 2. The number of benzene rings is 1. The third kappa shape index (κ3) is 5.17. The molecule has 1 aliphatic heterocycles. The molecular weight excluding hydrogens is 316 g/mol. The summed E-state index contributed by atoms with van der Waals surface area (Å²) in [6.07, 6.45) is 0.478. The summed E-state index contributed by atoms with van der Waals surface area (Å²) in [6, 6.07) is 9.52. The molecule has 0 aromatic heterocycles. The molecule has 6 nitrogen and oxygen atoms in total. The van der Waals surface area contributed by atoms with Gasteiger partial charge in [-0.3, -0.25) is 0 Å². The predicted molar refractivity (Wildman–Crippen MR) is 89.7 cm³/mol. The molecule has 0 aliphatic carbocycles. The van der Waals surface area contributed by atoms with Gasteiger partial charge >= 0.3 is 0 Å². The zero-order valence-electron chi connectivity index (χ0n) is 14.0. The molecule has 0 spiro atoms. The van der Waals surface area contributed by atoms with Crippen LogP contribution in [0.3, 0.4) is 0 Å². The molecule has 1 aromatic carbocycles. The van der Waals surface area contributed by atoms with Gasteiger partial charge in [0.2, 0.25) is 0 Å². The van der Waals surface area contributed by atoms with Gasteiger partial charge in [0, 0.05) is 26.7 Å². The van der Waals surface area contributed by atoms with Crippen LogP contribution in [0, 0.1) is 0 Å². The van der Waals surface area contributed by atoms with Crippen LogP contribution in [0.5, 0.6) is 5.75 Å². The van der Waals surface area contributed by atoms with Gasteiger partial charge in [-0.15, -0.1) is 0 Å². The lowest BCUT2D eigenvalue weighted by atomic mass is 10.3. The van der Waals surface area contributed by atoms with E-state index in [4.69, 9.17) is 9.47 Å². The number of morpholine rings is 1.